The Morgan fingerprint density at radius 3 is 2.00 bits per heavy atom. The number of benzene rings is 4. The topological polar surface area (TPSA) is 68.1 Å². The second-order valence-electron chi connectivity index (χ2n) is 10.3. The maximum atomic E-state index is 10.5. The van der Waals surface area contributed by atoms with Gasteiger partial charge in [-0.2, -0.15) is 0 Å². The van der Waals surface area contributed by atoms with Gasteiger partial charge in [-0.15, -0.1) is 0 Å². The molecular weight excluding hydrogens is 457 g/mol. The molecule has 0 aliphatic rings. The third-order valence-corrected chi connectivity index (χ3v) is 6.96. The Bertz CT molecular complexity index is 1540. The summed E-state index contributed by atoms with van der Waals surface area (Å²) in [5.41, 5.74) is 2.06. The summed E-state index contributed by atoms with van der Waals surface area (Å²) in [7, 11) is 0.359. The van der Waals surface area contributed by atoms with Crippen molar-refractivity contribution in [2.45, 2.75) is 38.9 Å². The standard InChI is InChI=1S/C31H30BN3O2/c1-30(2,36)31(3,4)37-32-24-17-10-16-23(20-24)28-33-27(22-13-6-5-7-14-22)34-29(35-28)26-19-11-15-21-12-8-9-18-25(21)26/h5-20,32,36H,1-4H3. The lowest BCUT2D eigenvalue weighted by atomic mass is 9.82. The summed E-state index contributed by atoms with van der Waals surface area (Å²) in [6.07, 6.45) is 0. The maximum Gasteiger partial charge on any atom is 0.309 e. The molecule has 5 nitrogen and oxygen atoms in total. The molecule has 5 rings (SSSR count). The molecule has 37 heavy (non-hydrogen) atoms. The first-order valence-corrected chi connectivity index (χ1v) is 12.5. The van der Waals surface area contributed by atoms with Crippen LogP contribution in [0.3, 0.4) is 0 Å². The van der Waals surface area contributed by atoms with E-state index in [1.165, 1.54) is 0 Å². The molecule has 6 heteroatoms. The lowest BCUT2D eigenvalue weighted by Crippen LogP contribution is -2.49. The zero-order chi connectivity index (χ0) is 26.0. The molecular formula is C31H30BN3O2. The van der Waals surface area contributed by atoms with Crippen LogP contribution in [-0.2, 0) is 4.65 Å². The van der Waals surface area contributed by atoms with E-state index >= 15 is 0 Å². The van der Waals surface area contributed by atoms with E-state index in [1.807, 2.05) is 86.6 Å². The molecule has 1 aromatic heterocycles. The molecule has 5 aromatic rings. The molecule has 1 heterocycles. The van der Waals surface area contributed by atoms with Crippen molar-refractivity contribution in [2.24, 2.45) is 0 Å². The van der Waals surface area contributed by atoms with Gasteiger partial charge in [0.1, 0.15) is 0 Å². The van der Waals surface area contributed by atoms with Crippen LogP contribution in [0.15, 0.2) is 97.1 Å². The van der Waals surface area contributed by atoms with E-state index in [1.54, 1.807) is 13.8 Å². The monoisotopic (exact) mass is 487 g/mol. The smallest absolute Gasteiger partial charge is 0.309 e. The number of rotatable bonds is 7. The van der Waals surface area contributed by atoms with Crippen molar-refractivity contribution in [2.75, 3.05) is 0 Å². The van der Waals surface area contributed by atoms with Crippen LogP contribution in [-0.4, -0.2) is 38.7 Å². The van der Waals surface area contributed by atoms with Crippen LogP contribution in [0.25, 0.3) is 44.9 Å². The van der Waals surface area contributed by atoms with Gasteiger partial charge in [0.05, 0.1) is 11.2 Å². The van der Waals surface area contributed by atoms with E-state index in [0.717, 1.165) is 32.9 Å². The molecule has 4 aromatic carbocycles. The quantitative estimate of drug-likeness (QED) is 0.304. The Hall–Kier alpha value is -3.87. The van der Waals surface area contributed by atoms with Crippen molar-refractivity contribution in [3.8, 4) is 34.2 Å². The van der Waals surface area contributed by atoms with Crippen molar-refractivity contribution >= 4 is 23.7 Å². The highest BCUT2D eigenvalue weighted by Crippen LogP contribution is 2.29. The van der Waals surface area contributed by atoms with E-state index in [4.69, 9.17) is 19.6 Å². The highest BCUT2D eigenvalue weighted by Gasteiger charge is 2.35. The van der Waals surface area contributed by atoms with E-state index < -0.39 is 11.2 Å². The largest absolute Gasteiger partial charge is 0.427 e. The van der Waals surface area contributed by atoms with E-state index in [9.17, 15) is 5.11 Å². The molecule has 0 amide bonds. The molecule has 0 aliphatic heterocycles. The van der Waals surface area contributed by atoms with Gasteiger partial charge in [0, 0.05) is 16.7 Å². The Kier molecular flexibility index (Phi) is 6.63. The molecule has 0 spiro atoms. The zero-order valence-electron chi connectivity index (χ0n) is 21.6. The van der Waals surface area contributed by atoms with E-state index in [2.05, 4.69) is 24.3 Å². The van der Waals surface area contributed by atoms with Gasteiger partial charge in [-0.3, -0.25) is 0 Å². The van der Waals surface area contributed by atoms with E-state index in [0.29, 0.717) is 25.0 Å². The van der Waals surface area contributed by atoms with Crippen LogP contribution in [0.2, 0.25) is 0 Å². The minimum absolute atomic E-state index is 0.359. The molecule has 184 valence electrons. The summed E-state index contributed by atoms with van der Waals surface area (Å²) in [6.45, 7) is 7.30. The molecule has 0 saturated heterocycles. The van der Waals surface area contributed by atoms with Crippen LogP contribution < -0.4 is 5.46 Å². The molecule has 0 unspecified atom stereocenters. The second kappa shape index (κ2) is 9.89. The molecule has 0 aliphatic carbocycles. The Morgan fingerprint density at radius 2 is 1.24 bits per heavy atom. The predicted molar refractivity (Wildman–Crippen MR) is 152 cm³/mol. The first kappa shape index (κ1) is 24.8. The lowest BCUT2D eigenvalue weighted by molar-refractivity contribution is -0.0893. The van der Waals surface area contributed by atoms with Gasteiger partial charge in [-0.25, -0.2) is 15.0 Å². The van der Waals surface area contributed by atoms with Gasteiger partial charge in [0.25, 0.3) is 0 Å². The third kappa shape index (κ3) is 5.31. The fraction of sp³-hybridized carbons (Fsp3) is 0.194. The Labute approximate surface area is 218 Å². The van der Waals surface area contributed by atoms with Crippen LogP contribution in [0.1, 0.15) is 27.7 Å². The van der Waals surface area contributed by atoms with Gasteiger partial charge in [-0.1, -0.05) is 103 Å². The number of fused-ring (bicyclic) bond motifs is 1. The van der Waals surface area contributed by atoms with Crippen LogP contribution in [0.4, 0.5) is 0 Å². The van der Waals surface area contributed by atoms with Crippen LogP contribution in [0.5, 0.6) is 0 Å². The normalized spacial score (nSPS) is 12.0. The van der Waals surface area contributed by atoms with Crippen molar-refractivity contribution in [3.05, 3.63) is 97.1 Å². The minimum atomic E-state index is -0.975. The summed E-state index contributed by atoms with van der Waals surface area (Å²) in [4.78, 5) is 14.7. The summed E-state index contributed by atoms with van der Waals surface area (Å²) < 4.78 is 6.10. The number of hydrogen-bond donors (Lipinski definition) is 1. The first-order valence-electron chi connectivity index (χ1n) is 12.5. The number of nitrogens with zero attached hydrogens (tertiary/aromatic N) is 3. The molecule has 0 radical (unpaired) electrons. The Morgan fingerprint density at radius 1 is 0.649 bits per heavy atom. The van der Waals surface area contributed by atoms with E-state index in [-0.39, 0.29) is 0 Å². The number of hydrogen-bond acceptors (Lipinski definition) is 5. The summed E-state index contributed by atoms with van der Waals surface area (Å²) >= 11 is 0. The third-order valence-electron chi connectivity index (χ3n) is 6.96. The average molecular weight is 487 g/mol. The summed E-state index contributed by atoms with van der Waals surface area (Å²) in [5, 5.41) is 12.7. The second-order valence-corrected chi connectivity index (χ2v) is 10.3. The molecule has 1 N–H and O–H groups in total. The van der Waals surface area contributed by atoms with Crippen molar-refractivity contribution in [1.82, 2.24) is 15.0 Å². The number of aliphatic hydroxyl groups is 1. The average Bonchev–Trinajstić information content (AvgIpc) is 2.91. The van der Waals surface area contributed by atoms with Gasteiger partial charge in [0.2, 0.25) is 0 Å². The zero-order valence-corrected chi connectivity index (χ0v) is 21.6. The molecule has 0 atom stereocenters. The maximum absolute atomic E-state index is 10.5. The highest BCUT2D eigenvalue weighted by atomic mass is 16.5. The van der Waals surface area contributed by atoms with Crippen molar-refractivity contribution in [1.29, 1.82) is 0 Å². The lowest BCUT2D eigenvalue weighted by Gasteiger charge is -2.37. The van der Waals surface area contributed by atoms with Gasteiger partial charge >= 0.3 is 7.48 Å². The SMILES string of the molecule is CC(C)(O)C(C)(C)OBc1cccc(-c2nc(-c3ccccc3)nc(-c3cccc4ccccc34)n2)c1. The first-order chi connectivity index (χ1) is 17.7. The molecule has 0 saturated carbocycles. The Balaban J connectivity index is 1.59. The van der Waals surface area contributed by atoms with Gasteiger partial charge in [0.15, 0.2) is 17.5 Å². The number of aromatic nitrogens is 3. The predicted octanol–water partition coefficient (Wildman–Crippen LogP) is 5.57. The highest BCUT2D eigenvalue weighted by molar-refractivity contribution is 6.47. The van der Waals surface area contributed by atoms with Crippen molar-refractivity contribution < 1.29 is 9.76 Å². The van der Waals surface area contributed by atoms with Crippen LogP contribution >= 0.6 is 0 Å². The minimum Gasteiger partial charge on any atom is -0.427 e. The van der Waals surface area contributed by atoms with Gasteiger partial charge in [-0.05, 0) is 38.5 Å². The van der Waals surface area contributed by atoms with Gasteiger partial charge < -0.3 is 9.76 Å². The fourth-order valence-corrected chi connectivity index (χ4v) is 4.00. The molecule has 0 fully saturated rings. The van der Waals surface area contributed by atoms with Crippen LogP contribution in [0, 0.1) is 0 Å². The van der Waals surface area contributed by atoms with Crippen molar-refractivity contribution in [3.63, 3.8) is 0 Å². The summed E-state index contributed by atoms with van der Waals surface area (Å²) in [6, 6.07) is 32.4. The summed E-state index contributed by atoms with van der Waals surface area (Å²) in [5.74, 6) is 1.85. The molecule has 0 bridgehead atoms. The fourth-order valence-electron chi connectivity index (χ4n) is 4.00.